The third-order valence-corrected chi connectivity index (χ3v) is 8.09. The van der Waals surface area contributed by atoms with Gasteiger partial charge in [0, 0.05) is 42.6 Å². The first-order valence-electron chi connectivity index (χ1n) is 13.1. The number of rotatable bonds is 6. The molecule has 2 aliphatic heterocycles. The molecule has 5 rings (SSSR count). The van der Waals surface area contributed by atoms with Gasteiger partial charge in [-0.25, -0.2) is 0 Å². The van der Waals surface area contributed by atoms with Crippen LogP contribution in [0.4, 0.5) is 0 Å². The van der Waals surface area contributed by atoms with E-state index in [1.54, 1.807) is 7.11 Å². The molecule has 34 heavy (non-hydrogen) atoms. The van der Waals surface area contributed by atoms with Gasteiger partial charge in [0.25, 0.3) is 5.91 Å². The molecule has 1 spiro atoms. The van der Waals surface area contributed by atoms with E-state index in [0.29, 0.717) is 41.7 Å². The molecule has 1 saturated carbocycles. The number of methoxy groups -OCH3 is 1. The largest absolute Gasteiger partial charge is 0.493 e. The number of nitrogens with zero attached hydrogens (tertiary/aromatic N) is 2. The van der Waals surface area contributed by atoms with Crippen molar-refractivity contribution in [1.82, 2.24) is 14.8 Å². The molecule has 1 aliphatic carbocycles. The molecule has 3 aliphatic rings. The molecule has 184 valence electrons. The van der Waals surface area contributed by atoms with Crippen molar-refractivity contribution >= 4 is 5.91 Å². The first-order valence-corrected chi connectivity index (χ1v) is 13.1. The molecule has 3 heterocycles. The lowest BCUT2D eigenvalue weighted by atomic mass is 9.77. The van der Waals surface area contributed by atoms with Crippen LogP contribution in [0.1, 0.15) is 80.9 Å². The van der Waals surface area contributed by atoms with Crippen LogP contribution in [0.25, 0.3) is 0 Å². The maximum atomic E-state index is 13.4. The highest BCUT2D eigenvalue weighted by atomic mass is 16.5. The summed E-state index contributed by atoms with van der Waals surface area (Å²) in [6.07, 6.45) is 10.3. The first kappa shape index (κ1) is 23.3. The second-order valence-corrected chi connectivity index (χ2v) is 10.7. The van der Waals surface area contributed by atoms with Crippen LogP contribution in [0, 0.1) is 5.92 Å². The summed E-state index contributed by atoms with van der Waals surface area (Å²) in [5.74, 6) is 1.98. The van der Waals surface area contributed by atoms with E-state index in [-0.39, 0.29) is 11.4 Å². The predicted molar refractivity (Wildman–Crippen MR) is 134 cm³/mol. The Labute approximate surface area is 203 Å². The molecule has 1 aromatic carbocycles. The van der Waals surface area contributed by atoms with Gasteiger partial charge in [0.15, 0.2) is 11.5 Å². The number of amides is 1. The average molecular weight is 466 g/mol. The van der Waals surface area contributed by atoms with Gasteiger partial charge in [-0.15, -0.1) is 0 Å². The number of nitrogens with one attached hydrogen (secondary N) is 1. The zero-order valence-corrected chi connectivity index (χ0v) is 20.9. The monoisotopic (exact) mass is 465 g/mol. The molecule has 1 saturated heterocycles. The fraction of sp³-hybridized carbons (Fsp3) is 0.607. The van der Waals surface area contributed by atoms with Crippen molar-refractivity contribution in [1.29, 1.82) is 0 Å². The standard InChI is InChI=1S/C28H39N3O3/c1-20(2)12-18-34-24-11-10-21(19-25(24)33-3)27(32)30-16-13-28(14-17-30)26-9-6-15-31(26)23-8-5-4-7-22(23)29-28/h6,9-11,15,19-20,22-23,29H,4-5,7-8,12-14,16-18H2,1-3H3/t22?,23-/m1/s1. The van der Waals surface area contributed by atoms with E-state index in [0.717, 1.165) is 32.4 Å². The van der Waals surface area contributed by atoms with Crippen molar-refractivity contribution in [2.45, 2.75) is 76.4 Å². The van der Waals surface area contributed by atoms with Gasteiger partial charge >= 0.3 is 0 Å². The van der Waals surface area contributed by atoms with Crippen LogP contribution in [-0.4, -0.2) is 48.2 Å². The first-order chi connectivity index (χ1) is 16.5. The number of aromatic nitrogens is 1. The van der Waals surface area contributed by atoms with Crippen LogP contribution in [0.2, 0.25) is 0 Å². The van der Waals surface area contributed by atoms with E-state index in [9.17, 15) is 4.79 Å². The summed E-state index contributed by atoms with van der Waals surface area (Å²) in [6, 6.07) is 11.2. The Balaban J connectivity index is 1.27. The molecular weight excluding hydrogens is 426 g/mol. The van der Waals surface area contributed by atoms with Crippen molar-refractivity contribution in [3.05, 3.63) is 47.8 Å². The zero-order chi connectivity index (χ0) is 23.7. The van der Waals surface area contributed by atoms with E-state index in [4.69, 9.17) is 9.47 Å². The third-order valence-electron chi connectivity index (χ3n) is 8.09. The second kappa shape index (κ2) is 9.65. The highest BCUT2D eigenvalue weighted by molar-refractivity contribution is 5.95. The van der Waals surface area contributed by atoms with E-state index >= 15 is 0 Å². The maximum Gasteiger partial charge on any atom is 0.253 e. The summed E-state index contributed by atoms with van der Waals surface area (Å²) in [4.78, 5) is 15.4. The SMILES string of the molecule is COc1cc(C(=O)N2CCC3(CC2)NC2CCCC[C@H]2n2cccc23)ccc1OCCC(C)C. The Morgan fingerprint density at radius 3 is 2.71 bits per heavy atom. The highest BCUT2D eigenvalue weighted by Crippen LogP contribution is 2.44. The molecule has 1 aromatic heterocycles. The summed E-state index contributed by atoms with van der Waals surface area (Å²) in [5, 5.41) is 4.07. The molecule has 2 aromatic rings. The lowest BCUT2D eigenvalue weighted by molar-refractivity contribution is 0.0512. The van der Waals surface area contributed by atoms with Crippen molar-refractivity contribution < 1.29 is 14.3 Å². The maximum absolute atomic E-state index is 13.4. The van der Waals surface area contributed by atoms with Gasteiger partial charge in [-0.05, 0) is 68.4 Å². The zero-order valence-electron chi connectivity index (χ0n) is 20.9. The van der Waals surface area contributed by atoms with E-state index < -0.39 is 0 Å². The number of hydrogen-bond acceptors (Lipinski definition) is 4. The lowest BCUT2D eigenvalue weighted by Crippen LogP contribution is -2.61. The van der Waals surface area contributed by atoms with Crippen LogP contribution in [0.5, 0.6) is 11.5 Å². The van der Waals surface area contributed by atoms with Gasteiger partial charge in [-0.3, -0.25) is 4.79 Å². The average Bonchev–Trinajstić information content (AvgIpc) is 3.36. The molecule has 2 fully saturated rings. The van der Waals surface area contributed by atoms with Gasteiger partial charge in [-0.2, -0.15) is 0 Å². The number of ether oxygens (including phenoxy) is 2. The minimum Gasteiger partial charge on any atom is -0.493 e. The fourth-order valence-corrected chi connectivity index (χ4v) is 6.13. The Morgan fingerprint density at radius 1 is 1.15 bits per heavy atom. The molecule has 1 amide bonds. The van der Waals surface area contributed by atoms with Gasteiger partial charge in [0.1, 0.15) is 0 Å². The Bertz CT molecular complexity index is 1010. The molecule has 2 atom stereocenters. The summed E-state index contributed by atoms with van der Waals surface area (Å²) < 4.78 is 14.0. The Hall–Kier alpha value is -2.47. The third kappa shape index (κ3) is 4.33. The summed E-state index contributed by atoms with van der Waals surface area (Å²) in [7, 11) is 1.63. The van der Waals surface area contributed by atoms with Gasteiger partial charge in [0.2, 0.25) is 0 Å². The molecule has 1 unspecified atom stereocenters. The second-order valence-electron chi connectivity index (χ2n) is 10.7. The minimum atomic E-state index is -0.0232. The molecule has 6 heteroatoms. The van der Waals surface area contributed by atoms with Gasteiger partial charge < -0.3 is 24.3 Å². The Kier molecular flexibility index (Phi) is 6.61. The van der Waals surface area contributed by atoms with Crippen molar-refractivity contribution in [3.8, 4) is 11.5 Å². The van der Waals surface area contributed by atoms with Gasteiger partial charge in [-0.1, -0.05) is 26.7 Å². The quantitative estimate of drug-likeness (QED) is 0.642. The number of benzene rings is 1. The smallest absolute Gasteiger partial charge is 0.253 e. The van der Waals surface area contributed by atoms with E-state index in [2.05, 4.69) is 42.1 Å². The van der Waals surface area contributed by atoms with Crippen LogP contribution in [0.3, 0.4) is 0 Å². The van der Waals surface area contributed by atoms with E-state index in [1.165, 1.54) is 31.4 Å². The predicted octanol–water partition coefficient (Wildman–Crippen LogP) is 5.14. The topological polar surface area (TPSA) is 55.7 Å². The van der Waals surface area contributed by atoms with E-state index in [1.807, 2.05) is 23.1 Å². The van der Waals surface area contributed by atoms with Crippen LogP contribution in [-0.2, 0) is 5.54 Å². The normalized spacial score (nSPS) is 23.5. The van der Waals surface area contributed by atoms with Crippen LogP contribution in [0.15, 0.2) is 36.5 Å². The molecule has 6 nitrogen and oxygen atoms in total. The minimum absolute atomic E-state index is 0.0232. The lowest BCUT2D eigenvalue weighted by Gasteiger charge is -2.52. The van der Waals surface area contributed by atoms with Crippen LogP contribution < -0.4 is 14.8 Å². The summed E-state index contributed by atoms with van der Waals surface area (Å²) >= 11 is 0. The number of piperidine rings is 1. The molecular formula is C28H39N3O3. The number of carbonyl (C=O) groups is 1. The molecule has 0 bridgehead atoms. The summed E-state index contributed by atoms with van der Waals surface area (Å²) in [6.45, 7) is 6.51. The number of likely N-dealkylation sites (tertiary alicyclic amines) is 1. The van der Waals surface area contributed by atoms with Crippen molar-refractivity contribution in [2.24, 2.45) is 5.92 Å². The summed E-state index contributed by atoms with van der Waals surface area (Å²) in [5.41, 5.74) is 2.05. The number of carbonyl (C=O) groups excluding carboxylic acids is 1. The molecule has 1 N–H and O–H groups in total. The van der Waals surface area contributed by atoms with Crippen molar-refractivity contribution in [3.63, 3.8) is 0 Å². The number of hydrogen-bond donors (Lipinski definition) is 1. The van der Waals surface area contributed by atoms with Crippen LogP contribution >= 0.6 is 0 Å². The molecule has 0 radical (unpaired) electrons. The number of fused-ring (bicyclic) bond motifs is 4. The van der Waals surface area contributed by atoms with Gasteiger partial charge in [0.05, 0.1) is 19.3 Å². The highest BCUT2D eigenvalue weighted by Gasteiger charge is 2.46. The fourth-order valence-electron chi connectivity index (χ4n) is 6.13. The van der Waals surface area contributed by atoms with Crippen molar-refractivity contribution in [2.75, 3.05) is 26.8 Å². The Morgan fingerprint density at radius 2 is 1.94 bits per heavy atom.